The minimum Gasteiger partial charge on any atom is -0.397 e. The molecule has 3 N–H and O–H groups in total. The molecule has 112 valence electrons. The predicted molar refractivity (Wildman–Crippen MR) is 86.9 cm³/mol. The number of nitrogen functional groups attached to an aromatic ring is 1. The number of nitrogens with one attached hydrogen (secondary N) is 1. The molecule has 2 rings (SSSR count). The van der Waals surface area contributed by atoms with Gasteiger partial charge in [0.25, 0.3) is 5.91 Å². The van der Waals surface area contributed by atoms with Crippen LogP contribution in [0.5, 0.6) is 0 Å². The molecule has 0 atom stereocenters. The first kappa shape index (κ1) is 15.6. The van der Waals surface area contributed by atoms with E-state index in [1.165, 1.54) is 16.2 Å². The van der Waals surface area contributed by atoms with Crippen molar-refractivity contribution in [2.24, 2.45) is 0 Å². The number of hydrogen-bond acceptors (Lipinski definition) is 4. The van der Waals surface area contributed by atoms with Crippen LogP contribution in [0.2, 0.25) is 5.02 Å². The Labute approximate surface area is 131 Å². The van der Waals surface area contributed by atoms with Crippen molar-refractivity contribution < 1.29 is 9.59 Å². The standard InChI is InChI=1S/C14H16ClN3O2S/c1-17-11(19)5-6-18(2)14(20)13-12(16)9-7-8(15)3-4-10(9)21-13/h3-4,7H,5-6,16H2,1-2H3,(H,17,19). The fraction of sp³-hybridized carbons (Fsp3) is 0.286. The first-order valence-electron chi connectivity index (χ1n) is 6.37. The molecule has 0 unspecified atom stereocenters. The normalized spacial score (nSPS) is 10.6. The zero-order valence-electron chi connectivity index (χ0n) is 11.8. The van der Waals surface area contributed by atoms with Gasteiger partial charge in [0.15, 0.2) is 0 Å². The number of carbonyl (C=O) groups excluding carboxylic acids is 2. The van der Waals surface area contributed by atoms with Crippen molar-refractivity contribution in [3.8, 4) is 0 Å². The van der Waals surface area contributed by atoms with Crippen molar-refractivity contribution in [1.29, 1.82) is 0 Å². The largest absolute Gasteiger partial charge is 0.397 e. The van der Waals surface area contributed by atoms with E-state index in [4.69, 9.17) is 17.3 Å². The number of benzene rings is 1. The molecule has 0 saturated heterocycles. The molecule has 5 nitrogen and oxygen atoms in total. The summed E-state index contributed by atoms with van der Waals surface area (Å²) >= 11 is 7.29. The minimum atomic E-state index is -0.186. The van der Waals surface area contributed by atoms with Gasteiger partial charge in [-0.25, -0.2) is 0 Å². The molecule has 2 aromatic rings. The number of halogens is 1. The van der Waals surface area contributed by atoms with Crippen molar-refractivity contribution in [3.05, 3.63) is 28.1 Å². The second-order valence-corrected chi connectivity index (χ2v) is 6.12. The summed E-state index contributed by atoms with van der Waals surface area (Å²) in [7, 11) is 3.22. The lowest BCUT2D eigenvalue weighted by atomic mass is 10.2. The fourth-order valence-corrected chi connectivity index (χ4v) is 3.19. The van der Waals surface area contributed by atoms with Gasteiger partial charge >= 0.3 is 0 Å². The van der Waals surface area contributed by atoms with Crippen LogP contribution in [0, 0.1) is 0 Å². The molecule has 1 aromatic carbocycles. The maximum atomic E-state index is 12.4. The Bertz CT molecular complexity index is 699. The molecular formula is C14H16ClN3O2S. The third-order valence-electron chi connectivity index (χ3n) is 3.18. The number of nitrogens with zero attached hydrogens (tertiary/aromatic N) is 1. The summed E-state index contributed by atoms with van der Waals surface area (Å²) < 4.78 is 0.917. The topological polar surface area (TPSA) is 75.4 Å². The smallest absolute Gasteiger partial charge is 0.265 e. The number of anilines is 1. The second kappa shape index (κ2) is 6.32. The molecule has 7 heteroatoms. The van der Waals surface area contributed by atoms with Crippen LogP contribution in [-0.2, 0) is 4.79 Å². The number of nitrogens with two attached hydrogens (primary N) is 1. The lowest BCUT2D eigenvalue weighted by Gasteiger charge is -2.16. The summed E-state index contributed by atoms with van der Waals surface area (Å²) in [5.41, 5.74) is 6.49. The van der Waals surface area contributed by atoms with E-state index in [-0.39, 0.29) is 18.2 Å². The Morgan fingerprint density at radius 2 is 2.14 bits per heavy atom. The van der Waals surface area contributed by atoms with E-state index in [9.17, 15) is 9.59 Å². The number of amides is 2. The third-order valence-corrected chi connectivity index (χ3v) is 4.59. The summed E-state index contributed by atoms with van der Waals surface area (Å²) in [6.07, 6.45) is 0.259. The van der Waals surface area contributed by atoms with Crippen LogP contribution in [0.4, 0.5) is 5.69 Å². The van der Waals surface area contributed by atoms with Crippen LogP contribution in [-0.4, -0.2) is 37.4 Å². The highest BCUT2D eigenvalue weighted by atomic mass is 35.5. The highest BCUT2D eigenvalue weighted by Crippen LogP contribution is 2.35. The second-order valence-electron chi connectivity index (χ2n) is 4.64. The molecule has 0 radical (unpaired) electrons. The van der Waals surface area contributed by atoms with Crippen molar-refractivity contribution in [3.63, 3.8) is 0 Å². The van der Waals surface area contributed by atoms with E-state index < -0.39 is 0 Å². The maximum Gasteiger partial charge on any atom is 0.265 e. The Morgan fingerprint density at radius 3 is 2.81 bits per heavy atom. The van der Waals surface area contributed by atoms with Gasteiger partial charge in [0.2, 0.25) is 5.91 Å². The van der Waals surface area contributed by atoms with Gasteiger partial charge in [-0.15, -0.1) is 11.3 Å². The number of fused-ring (bicyclic) bond motifs is 1. The minimum absolute atomic E-state index is 0.106. The van der Waals surface area contributed by atoms with E-state index in [0.717, 1.165) is 10.1 Å². The summed E-state index contributed by atoms with van der Waals surface area (Å²) in [6.45, 7) is 0.340. The zero-order valence-corrected chi connectivity index (χ0v) is 13.3. The lowest BCUT2D eigenvalue weighted by molar-refractivity contribution is -0.120. The van der Waals surface area contributed by atoms with Gasteiger partial charge in [0, 0.05) is 42.2 Å². The molecule has 2 amide bonds. The molecular weight excluding hydrogens is 310 g/mol. The SMILES string of the molecule is CNC(=O)CCN(C)C(=O)c1sc2ccc(Cl)cc2c1N. The number of rotatable bonds is 4. The maximum absolute atomic E-state index is 12.4. The fourth-order valence-electron chi connectivity index (χ4n) is 1.92. The van der Waals surface area contributed by atoms with Gasteiger partial charge in [-0.2, -0.15) is 0 Å². The van der Waals surface area contributed by atoms with Crippen LogP contribution < -0.4 is 11.1 Å². The molecule has 0 aliphatic carbocycles. The van der Waals surface area contributed by atoms with Gasteiger partial charge in [0.1, 0.15) is 4.88 Å². The van der Waals surface area contributed by atoms with Gasteiger partial charge < -0.3 is 16.0 Å². The molecule has 0 saturated carbocycles. The van der Waals surface area contributed by atoms with Gasteiger partial charge in [-0.3, -0.25) is 9.59 Å². The van der Waals surface area contributed by atoms with Crippen LogP contribution in [0.15, 0.2) is 18.2 Å². The molecule has 1 heterocycles. The van der Waals surface area contributed by atoms with E-state index in [1.807, 2.05) is 6.07 Å². The third kappa shape index (κ3) is 3.28. The monoisotopic (exact) mass is 325 g/mol. The van der Waals surface area contributed by atoms with Crippen molar-refractivity contribution >= 4 is 50.5 Å². The van der Waals surface area contributed by atoms with Crippen molar-refractivity contribution in [1.82, 2.24) is 10.2 Å². The summed E-state index contributed by atoms with van der Waals surface area (Å²) in [5, 5.41) is 3.89. The molecule has 21 heavy (non-hydrogen) atoms. The zero-order chi connectivity index (χ0) is 15.6. The quantitative estimate of drug-likeness (QED) is 0.906. The molecule has 1 aromatic heterocycles. The summed E-state index contributed by atoms with van der Waals surface area (Å²) in [4.78, 5) is 25.6. The number of thiophene rings is 1. The first-order chi connectivity index (χ1) is 9.93. The average molecular weight is 326 g/mol. The number of hydrogen-bond donors (Lipinski definition) is 2. The predicted octanol–water partition coefficient (Wildman–Crippen LogP) is 2.34. The Balaban J connectivity index is 2.23. The van der Waals surface area contributed by atoms with E-state index in [2.05, 4.69) is 5.32 Å². The van der Waals surface area contributed by atoms with Gasteiger partial charge in [0.05, 0.1) is 5.69 Å². The molecule has 0 spiro atoms. The highest BCUT2D eigenvalue weighted by Gasteiger charge is 2.20. The number of carbonyl (C=O) groups is 2. The molecule has 0 fully saturated rings. The van der Waals surface area contributed by atoms with Gasteiger partial charge in [-0.05, 0) is 18.2 Å². The van der Waals surface area contributed by atoms with E-state index in [0.29, 0.717) is 22.1 Å². The van der Waals surface area contributed by atoms with Crippen LogP contribution >= 0.6 is 22.9 Å². The van der Waals surface area contributed by atoms with Crippen LogP contribution in [0.25, 0.3) is 10.1 Å². The highest BCUT2D eigenvalue weighted by molar-refractivity contribution is 7.21. The summed E-state index contributed by atoms with van der Waals surface area (Å²) in [6, 6.07) is 5.37. The molecule has 0 aliphatic rings. The molecule has 0 aliphatic heterocycles. The van der Waals surface area contributed by atoms with Crippen LogP contribution in [0.3, 0.4) is 0 Å². The van der Waals surface area contributed by atoms with E-state index >= 15 is 0 Å². The Hall–Kier alpha value is -1.79. The Morgan fingerprint density at radius 1 is 1.43 bits per heavy atom. The first-order valence-corrected chi connectivity index (χ1v) is 7.57. The van der Waals surface area contributed by atoms with E-state index in [1.54, 1.807) is 26.2 Å². The molecule has 0 bridgehead atoms. The Kier molecular flexibility index (Phi) is 4.69. The summed E-state index contributed by atoms with van der Waals surface area (Å²) in [5.74, 6) is -0.292. The average Bonchev–Trinajstić information content (AvgIpc) is 2.80. The lowest BCUT2D eigenvalue weighted by Crippen LogP contribution is -2.31. The van der Waals surface area contributed by atoms with Crippen LogP contribution in [0.1, 0.15) is 16.1 Å². The van der Waals surface area contributed by atoms with Crippen molar-refractivity contribution in [2.75, 3.05) is 26.4 Å². The van der Waals surface area contributed by atoms with Gasteiger partial charge in [-0.1, -0.05) is 11.6 Å². The van der Waals surface area contributed by atoms with Crippen molar-refractivity contribution in [2.45, 2.75) is 6.42 Å².